The van der Waals surface area contributed by atoms with Crippen molar-refractivity contribution in [3.8, 4) is 5.75 Å². The lowest BCUT2D eigenvalue weighted by molar-refractivity contribution is -0.274. The molecule has 3 aliphatic carbocycles. The van der Waals surface area contributed by atoms with Gasteiger partial charge in [0.2, 0.25) is 0 Å². The van der Waals surface area contributed by atoms with Crippen molar-refractivity contribution in [2.75, 3.05) is 13.2 Å². The van der Waals surface area contributed by atoms with Crippen molar-refractivity contribution in [3.63, 3.8) is 0 Å². The van der Waals surface area contributed by atoms with E-state index in [-0.39, 0.29) is 5.75 Å². The first-order valence-electron chi connectivity index (χ1n) is 11.3. The van der Waals surface area contributed by atoms with Crippen molar-refractivity contribution in [1.29, 1.82) is 0 Å². The SMILES string of the molecule is O=S(NCCCCCOC1=CC=CC2C3=CCCC=C3CC12)c1ccc(OC(F)(F)F)cc1. The van der Waals surface area contributed by atoms with Crippen LogP contribution in [-0.4, -0.2) is 23.7 Å². The molecule has 1 aromatic carbocycles. The Balaban J connectivity index is 1.12. The van der Waals surface area contributed by atoms with E-state index in [9.17, 15) is 17.4 Å². The van der Waals surface area contributed by atoms with E-state index in [2.05, 4.69) is 39.8 Å². The minimum atomic E-state index is -4.74. The number of nitrogens with one attached hydrogen (secondary N) is 1. The van der Waals surface area contributed by atoms with Crippen LogP contribution >= 0.6 is 0 Å². The summed E-state index contributed by atoms with van der Waals surface area (Å²) in [4.78, 5) is 0.405. The molecule has 0 saturated heterocycles. The molecule has 3 aliphatic rings. The van der Waals surface area contributed by atoms with Crippen LogP contribution in [0.2, 0.25) is 0 Å². The number of fused-ring (bicyclic) bond motifs is 3. The molecule has 178 valence electrons. The van der Waals surface area contributed by atoms with Crippen molar-refractivity contribution >= 4 is 11.0 Å². The highest BCUT2D eigenvalue weighted by Gasteiger charge is 2.38. The topological polar surface area (TPSA) is 47.6 Å². The molecule has 8 heteroatoms. The minimum absolute atomic E-state index is 0.331. The molecule has 1 N–H and O–H groups in total. The molecule has 0 aliphatic heterocycles. The quantitative estimate of drug-likeness (QED) is 0.411. The predicted molar refractivity (Wildman–Crippen MR) is 122 cm³/mol. The van der Waals surface area contributed by atoms with Gasteiger partial charge in [0.05, 0.1) is 11.5 Å². The highest BCUT2D eigenvalue weighted by molar-refractivity contribution is 7.83. The highest BCUT2D eigenvalue weighted by Crippen LogP contribution is 2.48. The number of hydrogen-bond donors (Lipinski definition) is 1. The Labute approximate surface area is 194 Å². The zero-order valence-electron chi connectivity index (χ0n) is 18.3. The number of ether oxygens (including phenoxy) is 2. The second-order valence-corrected chi connectivity index (χ2v) is 9.65. The maximum Gasteiger partial charge on any atom is 0.573 e. The molecule has 0 amide bonds. The van der Waals surface area contributed by atoms with Crippen molar-refractivity contribution in [3.05, 3.63) is 71.6 Å². The van der Waals surface area contributed by atoms with Crippen LogP contribution in [0.4, 0.5) is 13.2 Å². The number of unbranched alkanes of at least 4 members (excludes halogenated alkanes) is 2. The Morgan fingerprint density at radius 3 is 2.64 bits per heavy atom. The Morgan fingerprint density at radius 1 is 1.06 bits per heavy atom. The molecule has 33 heavy (non-hydrogen) atoms. The van der Waals surface area contributed by atoms with E-state index in [0.29, 0.717) is 29.9 Å². The predicted octanol–water partition coefficient (Wildman–Crippen LogP) is 6.12. The van der Waals surface area contributed by atoms with Crippen molar-refractivity contribution in [1.82, 2.24) is 4.72 Å². The summed E-state index contributed by atoms with van der Waals surface area (Å²) in [5.74, 6) is 1.62. The largest absolute Gasteiger partial charge is 0.573 e. The molecule has 1 aromatic rings. The number of alkyl halides is 3. The van der Waals surface area contributed by atoms with Crippen LogP contribution in [0.1, 0.15) is 38.5 Å². The van der Waals surface area contributed by atoms with Crippen LogP contribution in [-0.2, 0) is 15.7 Å². The lowest BCUT2D eigenvalue weighted by atomic mass is 9.87. The zero-order chi connectivity index (χ0) is 23.3. The summed E-state index contributed by atoms with van der Waals surface area (Å²) >= 11 is 0. The summed E-state index contributed by atoms with van der Waals surface area (Å²) in [5.41, 5.74) is 2.97. The molecule has 1 fully saturated rings. The Bertz CT molecular complexity index is 980. The fourth-order valence-corrected chi connectivity index (χ4v) is 5.43. The van der Waals surface area contributed by atoms with Gasteiger partial charge < -0.3 is 9.47 Å². The molecule has 0 bridgehead atoms. The number of halogens is 3. The molecule has 0 spiro atoms. The summed E-state index contributed by atoms with van der Waals surface area (Å²) in [5, 5.41) is 0. The van der Waals surface area contributed by atoms with Crippen LogP contribution in [0.3, 0.4) is 0 Å². The van der Waals surface area contributed by atoms with Gasteiger partial charge in [-0.1, -0.05) is 24.3 Å². The van der Waals surface area contributed by atoms with E-state index < -0.39 is 17.3 Å². The van der Waals surface area contributed by atoms with E-state index in [0.717, 1.165) is 56.4 Å². The number of rotatable bonds is 10. The second kappa shape index (κ2) is 10.7. The Hall–Kier alpha value is -2.32. The smallest absolute Gasteiger partial charge is 0.498 e. The normalized spacial score (nSPS) is 22.6. The van der Waals surface area contributed by atoms with E-state index in [1.54, 1.807) is 0 Å². The minimum Gasteiger partial charge on any atom is -0.498 e. The first kappa shape index (κ1) is 23.8. The number of allylic oxidation sites excluding steroid dienone is 8. The average molecular weight is 480 g/mol. The molecular weight excluding hydrogens is 451 g/mol. The molecule has 3 unspecified atom stereocenters. The molecule has 4 rings (SSSR count). The summed E-state index contributed by atoms with van der Waals surface area (Å²) in [7, 11) is -1.48. The van der Waals surface area contributed by atoms with Gasteiger partial charge in [-0.15, -0.1) is 13.2 Å². The molecule has 0 heterocycles. The summed E-state index contributed by atoms with van der Waals surface area (Å²) in [6.45, 7) is 1.20. The number of hydrogen-bond acceptors (Lipinski definition) is 3. The second-order valence-electron chi connectivity index (χ2n) is 8.35. The van der Waals surface area contributed by atoms with E-state index in [1.165, 1.54) is 23.3 Å². The molecule has 4 nitrogen and oxygen atoms in total. The highest BCUT2D eigenvalue weighted by atomic mass is 32.2. The van der Waals surface area contributed by atoms with Crippen LogP contribution < -0.4 is 9.46 Å². The van der Waals surface area contributed by atoms with Gasteiger partial charge in [-0.2, -0.15) is 0 Å². The summed E-state index contributed by atoms with van der Waals surface area (Å²) < 4.78 is 61.7. The van der Waals surface area contributed by atoms with Gasteiger partial charge in [-0.05, 0) is 80.0 Å². The standard InChI is InChI=1S/C25H28F3NO3S/c26-25(27,28)32-19-11-13-20(14-12-19)33(30)29-15-4-1-5-16-31-24-10-6-9-22-21-8-3-2-7-18(21)17-23(22)24/h6-14,22-23,29H,1-5,15-17H2. The van der Waals surface area contributed by atoms with E-state index >= 15 is 0 Å². The van der Waals surface area contributed by atoms with Gasteiger partial charge in [-0.3, -0.25) is 0 Å². The van der Waals surface area contributed by atoms with E-state index in [1.807, 2.05) is 0 Å². The molecule has 0 radical (unpaired) electrons. The average Bonchev–Trinajstić information content (AvgIpc) is 3.17. The van der Waals surface area contributed by atoms with Gasteiger partial charge >= 0.3 is 6.36 Å². The Morgan fingerprint density at radius 2 is 1.85 bits per heavy atom. The van der Waals surface area contributed by atoms with Crippen molar-refractivity contribution < 1.29 is 26.9 Å². The van der Waals surface area contributed by atoms with Gasteiger partial charge in [0.25, 0.3) is 0 Å². The molecule has 1 saturated carbocycles. The number of benzene rings is 1. The van der Waals surface area contributed by atoms with Crippen molar-refractivity contribution in [2.45, 2.75) is 49.8 Å². The van der Waals surface area contributed by atoms with Crippen molar-refractivity contribution in [2.24, 2.45) is 11.8 Å². The maximum absolute atomic E-state index is 12.2. The van der Waals surface area contributed by atoms with Crippen LogP contribution in [0, 0.1) is 11.8 Å². The third kappa shape index (κ3) is 6.38. The fourth-order valence-electron chi connectivity index (χ4n) is 4.55. The van der Waals surface area contributed by atoms with Crippen LogP contribution in [0.5, 0.6) is 5.75 Å². The lowest BCUT2D eigenvalue weighted by Gasteiger charge is -2.24. The third-order valence-electron chi connectivity index (χ3n) is 6.06. The van der Waals surface area contributed by atoms with Gasteiger partial charge in [0.15, 0.2) is 0 Å². The van der Waals surface area contributed by atoms with Gasteiger partial charge in [0.1, 0.15) is 22.5 Å². The summed E-state index contributed by atoms with van der Waals surface area (Å²) in [6.07, 6.45) is 12.5. The first-order chi connectivity index (χ1) is 15.9. The molecular formula is C25H28F3NO3S. The molecule has 3 atom stereocenters. The van der Waals surface area contributed by atoms with Crippen LogP contribution in [0.15, 0.2) is 76.4 Å². The molecule has 0 aromatic heterocycles. The van der Waals surface area contributed by atoms with E-state index in [4.69, 9.17) is 4.74 Å². The fraction of sp³-hybridized carbons (Fsp3) is 0.440. The monoisotopic (exact) mass is 479 g/mol. The zero-order valence-corrected chi connectivity index (χ0v) is 19.1. The maximum atomic E-state index is 12.2. The lowest BCUT2D eigenvalue weighted by Crippen LogP contribution is -2.19. The first-order valence-corrected chi connectivity index (χ1v) is 12.5. The summed E-state index contributed by atoms with van der Waals surface area (Å²) in [6, 6.07) is 5.04. The Kier molecular flexibility index (Phi) is 7.75. The van der Waals surface area contributed by atoms with Gasteiger partial charge in [-0.25, -0.2) is 8.93 Å². The van der Waals surface area contributed by atoms with Gasteiger partial charge in [0, 0.05) is 18.4 Å². The van der Waals surface area contributed by atoms with Crippen LogP contribution in [0.25, 0.3) is 0 Å². The third-order valence-corrected chi connectivity index (χ3v) is 7.23.